The van der Waals surface area contributed by atoms with Gasteiger partial charge in [-0.2, -0.15) is 0 Å². The average molecular weight is 344 g/mol. The highest BCUT2D eigenvalue weighted by atomic mass is 35.5. The van der Waals surface area contributed by atoms with Crippen LogP contribution in [0.15, 0.2) is 6.20 Å². The monoisotopic (exact) mass is 343 g/mol. The van der Waals surface area contributed by atoms with Crippen molar-refractivity contribution in [2.75, 3.05) is 26.2 Å². The lowest BCUT2D eigenvalue weighted by molar-refractivity contribution is 0.0709. The number of aromatic nitrogens is 3. The van der Waals surface area contributed by atoms with Crippen molar-refractivity contribution in [3.8, 4) is 0 Å². The molecule has 0 atom stereocenters. The van der Waals surface area contributed by atoms with Gasteiger partial charge in [-0.25, -0.2) is 4.68 Å². The number of hydrogen-bond acceptors (Lipinski definition) is 4. The summed E-state index contributed by atoms with van der Waals surface area (Å²) in [6.45, 7) is 12.0. The van der Waals surface area contributed by atoms with Crippen molar-refractivity contribution in [1.82, 2.24) is 25.2 Å². The Morgan fingerprint density at radius 3 is 2.35 bits per heavy atom. The average Bonchev–Trinajstić information content (AvgIpc) is 2.95. The third-order valence-electron chi connectivity index (χ3n) is 3.87. The molecule has 0 radical (unpaired) electrons. The molecular weight excluding hydrogens is 314 g/mol. The van der Waals surface area contributed by atoms with E-state index in [-0.39, 0.29) is 18.3 Å². The third-order valence-corrected chi connectivity index (χ3v) is 3.87. The van der Waals surface area contributed by atoms with Gasteiger partial charge in [-0.3, -0.25) is 4.79 Å². The Bertz CT molecular complexity index is 473. The maximum absolute atomic E-state index is 12.7. The van der Waals surface area contributed by atoms with Crippen molar-refractivity contribution in [2.24, 2.45) is 11.8 Å². The van der Waals surface area contributed by atoms with Gasteiger partial charge in [0.15, 0.2) is 5.69 Å². The van der Waals surface area contributed by atoms with E-state index in [0.717, 1.165) is 39.0 Å². The van der Waals surface area contributed by atoms with Crippen LogP contribution in [0.2, 0.25) is 0 Å². The van der Waals surface area contributed by atoms with Gasteiger partial charge in [0, 0.05) is 13.1 Å². The first-order chi connectivity index (χ1) is 10.5. The van der Waals surface area contributed by atoms with Crippen LogP contribution in [0.25, 0.3) is 0 Å². The predicted molar refractivity (Wildman–Crippen MR) is 94.0 cm³/mol. The van der Waals surface area contributed by atoms with Crippen LogP contribution >= 0.6 is 12.4 Å². The standard InChI is InChI=1S/C16H29N5O.ClH/c1-12(2)9-20(10-13(3)4)16(22)15-11-21(19-18-15)14-5-7-17-8-6-14;/h11-14,17H,5-10H2,1-4H3;1H. The Balaban J connectivity index is 0.00000264. The molecular formula is C16H30ClN5O. The molecule has 0 spiro atoms. The van der Waals surface area contributed by atoms with E-state index < -0.39 is 0 Å². The lowest BCUT2D eigenvalue weighted by Gasteiger charge is -2.25. The zero-order chi connectivity index (χ0) is 16.1. The normalized spacial score (nSPS) is 15.7. The fraction of sp³-hybridized carbons (Fsp3) is 0.812. The Morgan fingerprint density at radius 2 is 1.83 bits per heavy atom. The molecule has 1 aliphatic rings. The number of halogens is 1. The molecule has 1 fully saturated rings. The highest BCUT2D eigenvalue weighted by Gasteiger charge is 2.23. The van der Waals surface area contributed by atoms with Crippen LogP contribution in [0.4, 0.5) is 0 Å². The number of nitrogens with one attached hydrogen (secondary N) is 1. The molecule has 0 unspecified atom stereocenters. The second kappa shape index (κ2) is 9.23. The Hall–Kier alpha value is -1.14. The van der Waals surface area contributed by atoms with Gasteiger partial charge in [0.1, 0.15) is 0 Å². The summed E-state index contributed by atoms with van der Waals surface area (Å²) < 4.78 is 1.87. The minimum absolute atomic E-state index is 0. The van der Waals surface area contributed by atoms with Crippen molar-refractivity contribution < 1.29 is 4.79 Å². The Labute approximate surface area is 145 Å². The fourth-order valence-electron chi connectivity index (χ4n) is 2.91. The Kier molecular flexibility index (Phi) is 7.99. The van der Waals surface area contributed by atoms with Gasteiger partial charge in [0.2, 0.25) is 0 Å². The molecule has 132 valence electrons. The van der Waals surface area contributed by atoms with Gasteiger partial charge in [-0.1, -0.05) is 32.9 Å². The second-order valence-electron chi connectivity index (χ2n) is 7.06. The van der Waals surface area contributed by atoms with Crippen LogP contribution in [-0.4, -0.2) is 52.0 Å². The summed E-state index contributed by atoms with van der Waals surface area (Å²) in [6.07, 6.45) is 3.91. The molecule has 2 rings (SSSR count). The summed E-state index contributed by atoms with van der Waals surface area (Å²) in [5.41, 5.74) is 0.472. The van der Waals surface area contributed by atoms with E-state index in [1.807, 2.05) is 15.8 Å². The minimum Gasteiger partial charge on any atom is -0.337 e. The quantitative estimate of drug-likeness (QED) is 0.861. The molecule has 0 saturated carbocycles. The SMILES string of the molecule is CC(C)CN(CC(C)C)C(=O)c1cn(C2CCNCC2)nn1.Cl. The number of rotatable bonds is 6. The van der Waals surface area contributed by atoms with Gasteiger partial charge in [0.25, 0.3) is 5.91 Å². The van der Waals surface area contributed by atoms with E-state index in [1.54, 1.807) is 0 Å². The van der Waals surface area contributed by atoms with Gasteiger partial charge in [-0.15, -0.1) is 17.5 Å². The lowest BCUT2D eigenvalue weighted by atomic mass is 10.1. The molecule has 0 aliphatic carbocycles. The number of piperidine rings is 1. The molecule has 0 bridgehead atoms. The smallest absolute Gasteiger partial charge is 0.276 e. The molecule has 1 aromatic heterocycles. The zero-order valence-corrected chi connectivity index (χ0v) is 15.5. The van der Waals surface area contributed by atoms with Crippen LogP contribution in [0.5, 0.6) is 0 Å². The molecule has 1 N–H and O–H groups in total. The highest BCUT2D eigenvalue weighted by molar-refractivity contribution is 5.91. The second-order valence-corrected chi connectivity index (χ2v) is 7.06. The fourth-order valence-corrected chi connectivity index (χ4v) is 2.91. The topological polar surface area (TPSA) is 63.1 Å². The number of nitrogens with zero attached hydrogens (tertiary/aromatic N) is 4. The maximum Gasteiger partial charge on any atom is 0.276 e. The summed E-state index contributed by atoms with van der Waals surface area (Å²) in [5, 5.41) is 11.7. The molecule has 6 nitrogen and oxygen atoms in total. The summed E-state index contributed by atoms with van der Waals surface area (Å²) in [6, 6.07) is 0.360. The van der Waals surface area contributed by atoms with Crippen molar-refractivity contribution in [2.45, 2.75) is 46.6 Å². The first-order valence-electron chi connectivity index (χ1n) is 8.39. The van der Waals surface area contributed by atoms with Gasteiger partial charge < -0.3 is 10.2 Å². The first kappa shape index (κ1) is 19.9. The van der Waals surface area contributed by atoms with Gasteiger partial charge in [-0.05, 0) is 37.8 Å². The molecule has 1 amide bonds. The van der Waals surface area contributed by atoms with E-state index in [1.165, 1.54) is 0 Å². The predicted octanol–water partition coefficient (Wildman–Crippen LogP) is 2.38. The van der Waals surface area contributed by atoms with E-state index in [2.05, 4.69) is 43.3 Å². The number of carbonyl (C=O) groups excluding carboxylic acids is 1. The number of amides is 1. The van der Waals surface area contributed by atoms with Crippen LogP contribution in [0.1, 0.15) is 57.1 Å². The highest BCUT2D eigenvalue weighted by Crippen LogP contribution is 2.18. The third kappa shape index (κ3) is 5.77. The van der Waals surface area contributed by atoms with Gasteiger partial charge >= 0.3 is 0 Å². The molecule has 1 aliphatic heterocycles. The van der Waals surface area contributed by atoms with Crippen LogP contribution in [0.3, 0.4) is 0 Å². The Morgan fingerprint density at radius 1 is 1.26 bits per heavy atom. The summed E-state index contributed by atoms with van der Waals surface area (Å²) in [5.74, 6) is 0.895. The summed E-state index contributed by atoms with van der Waals surface area (Å²) >= 11 is 0. The maximum atomic E-state index is 12.7. The molecule has 7 heteroatoms. The number of carbonyl (C=O) groups is 1. The molecule has 1 aromatic rings. The zero-order valence-electron chi connectivity index (χ0n) is 14.7. The van der Waals surface area contributed by atoms with Crippen molar-refractivity contribution in [3.63, 3.8) is 0 Å². The number of hydrogen-bond donors (Lipinski definition) is 1. The van der Waals surface area contributed by atoms with E-state index in [9.17, 15) is 4.79 Å². The van der Waals surface area contributed by atoms with Crippen LogP contribution in [0, 0.1) is 11.8 Å². The van der Waals surface area contributed by atoms with E-state index in [4.69, 9.17) is 0 Å². The van der Waals surface area contributed by atoms with Crippen molar-refractivity contribution >= 4 is 18.3 Å². The minimum atomic E-state index is 0. The molecule has 1 saturated heterocycles. The van der Waals surface area contributed by atoms with Crippen molar-refractivity contribution in [1.29, 1.82) is 0 Å². The molecule has 2 heterocycles. The van der Waals surface area contributed by atoms with Crippen LogP contribution in [-0.2, 0) is 0 Å². The molecule has 23 heavy (non-hydrogen) atoms. The molecule has 0 aromatic carbocycles. The lowest BCUT2D eigenvalue weighted by Crippen LogP contribution is -2.37. The van der Waals surface area contributed by atoms with E-state index in [0.29, 0.717) is 23.6 Å². The van der Waals surface area contributed by atoms with E-state index >= 15 is 0 Å². The van der Waals surface area contributed by atoms with Gasteiger partial charge in [0.05, 0.1) is 12.2 Å². The summed E-state index contributed by atoms with van der Waals surface area (Å²) in [4.78, 5) is 14.6. The van der Waals surface area contributed by atoms with Crippen LogP contribution < -0.4 is 5.32 Å². The van der Waals surface area contributed by atoms with Crippen molar-refractivity contribution in [3.05, 3.63) is 11.9 Å². The summed E-state index contributed by atoms with van der Waals surface area (Å²) in [7, 11) is 0. The first-order valence-corrected chi connectivity index (χ1v) is 8.39. The largest absolute Gasteiger partial charge is 0.337 e.